The Balaban J connectivity index is 2.32. The second-order valence-corrected chi connectivity index (χ2v) is 4.14. The SMILES string of the molecule is Cc1cc(O)c(N)c(=O)n1C[C@H]1CCCO1. The molecule has 1 atom stereocenters. The maximum Gasteiger partial charge on any atom is 0.277 e. The Bertz CT molecular complexity index is 447. The number of nitrogens with zero attached hydrogens (tertiary/aromatic N) is 1. The minimum Gasteiger partial charge on any atom is -0.506 e. The third-order valence-corrected chi connectivity index (χ3v) is 2.93. The molecule has 1 aliphatic heterocycles. The number of ether oxygens (including phenoxy) is 1. The van der Waals surface area contributed by atoms with E-state index in [-0.39, 0.29) is 23.1 Å². The Morgan fingerprint density at radius 1 is 1.69 bits per heavy atom. The van der Waals surface area contributed by atoms with E-state index in [1.54, 1.807) is 11.5 Å². The van der Waals surface area contributed by atoms with E-state index in [2.05, 4.69) is 0 Å². The van der Waals surface area contributed by atoms with Crippen LogP contribution in [0.1, 0.15) is 18.5 Å². The van der Waals surface area contributed by atoms with E-state index >= 15 is 0 Å². The monoisotopic (exact) mass is 224 g/mol. The van der Waals surface area contributed by atoms with Gasteiger partial charge in [0.1, 0.15) is 11.4 Å². The van der Waals surface area contributed by atoms with Crippen LogP contribution in [0.3, 0.4) is 0 Å². The van der Waals surface area contributed by atoms with Gasteiger partial charge in [0.05, 0.1) is 12.6 Å². The van der Waals surface area contributed by atoms with Crippen LogP contribution in [0.25, 0.3) is 0 Å². The molecule has 0 unspecified atom stereocenters. The molecule has 1 aromatic rings. The molecule has 16 heavy (non-hydrogen) atoms. The number of hydrogen-bond donors (Lipinski definition) is 2. The summed E-state index contributed by atoms with van der Waals surface area (Å²) in [6.07, 6.45) is 2.08. The maximum absolute atomic E-state index is 11.8. The number of hydrogen-bond acceptors (Lipinski definition) is 4. The first-order valence-corrected chi connectivity index (χ1v) is 5.40. The zero-order valence-corrected chi connectivity index (χ0v) is 9.27. The summed E-state index contributed by atoms with van der Waals surface area (Å²) in [6, 6.07) is 1.51. The van der Waals surface area contributed by atoms with Crippen LogP contribution in [0.2, 0.25) is 0 Å². The molecule has 2 heterocycles. The van der Waals surface area contributed by atoms with Crippen LogP contribution in [-0.4, -0.2) is 22.4 Å². The molecule has 1 aromatic heterocycles. The zero-order valence-electron chi connectivity index (χ0n) is 9.27. The zero-order chi connectivity index (χ0) is 11.7. The average Bonchev–Trinajstić information content (AvgIpc) is 2.74. The lowest BCUT2D eigenvalue weighted by molar-refractivity contribution is 0.0956. The Labute approximate surface area is 93.5 Å². The summed E-state index contributed by atoms with van der Waals surface area (Å²) in [5.41, 5.74) is 5.77. The number of pyridine rings is 1. The second-order valence-electron chi connectivity index (χ2n) is 4.14. The lowest BCUT2D eigenvalue weighted by Gasteiger charge is -2.15. The lowest BCUT2D eigenvalue weighted by Crippen LogP contribution is -2.29. The predicted molar refractivity (Wildman–Crippen MR) is 60.5 cm³/mol. The van der Waals surface area contributed by atoms with E-state index in [4.69, 9.17) is 10.5 Å². The van der Waals surface area contributed by atoms with Crippen LogP contribution < -0.4 is 11.3 Å². The van der Waals surface area contributed by atoms with Crippen molar-refractivity contribution in [1.82, 2.24) is 4.57 Å². The molecule has 3 N–H and O–H groups in total. The Morgan fingerprint density at radius 3 is 3.06 bits per heavy atom. The molecular formula is C11H16N2O3. The molecule has 0 aromatic carbocycles. The Morgan fingerprint density at radius 2 is 2.44 bits per heavy atom. The molecule has 0 bridgehead atoms. The van der Waals surface area contributed by atoms with E-state index < -0.39 is 0 Å². The molecule has 88 valence electrons. The molecule has 1 aliphatic rings. The fraction of sp³-hybridized carbons (Fsp3) is 0.545. The van der Waals surface area contributed by atoms with Crippen LogP contribution in [0.5, 0.6) is 5.75 Å². The summed E-state index contributed by atoms with van der Waals surface area (Å²) >= 11 is 0. The topological polar surface area (TPSA) is 77.5 Å². The highest BCUT2D eigenvalue weighted by Gasteiger charge is 2.18. The smallest absolute Gasteiger partial charge is 0.277 e. The number of aromatic nitrogens is 1. The first-order chi connectivity index (χ1) is 7.59. The number of aromatic hydroxyl groups is 1. The number of anilines is 1. The van der Waals surface area contributed by atoms with Gasteiger partial charge in [0.15, 0.2) is 0 Å². The molecule has 0 saturated carbocycles. The molecule has 0 spiro atoms. The van der Waals surface area contributed by atoms with Crippen LogP contribution in [-0.2, 0) is 11.3 Å². The third kappa shape index (κ3) is 1.90. The average molecular weight is 224 g/mol. The maximum atomic E-state index is 11.8. The van der Waals surface area contributed by atoms with Gasteiger partial charge in [-0.1, -0.05) is 0 Å². The van der Waals surface area contributed by atoms with Gasteiger partial charge in [-0.25, -0.2) is 0 Å². The van der Waals surface area contributed by atoms with Gasteiger partial charge in [0, 0.05) is 18.4 Å². The predicted octanol–water partition coefficient (Wildman–Crippen LogP) is 0.624. The van der Waals surface area contributed by atoms with Crippen LogP contribution in [0, 0.1) is 6.92 Å². The highest BCUT2D eigenvalue weighted by Crippen LogP contribution is 2.18. The number of aryl methyl sites for hydroxylation is 1. The molecule has 0 radical (unpaired) electrons. The van der Waals surface area contributed by atoms with Crippen LogP contribution >= 0.6 is 0 Å². The molecular weight excluding hydrogens is 208 g/mol. The molecule has 0 aliphatic carbocycles. The van der Waals surface area contributed by atoms with Crippen LogP contribution in [0.15, 0.2) is 10.9 Å². The summed E-state index contributed by atoms with van der Waals surface area (Å²) in [5.74, 6) is -0.147. The van der Waals surface area contributed by atoms with Crippen molar-refractivity contribution >= 4 is 5.69 Å². The van der Waals surface area contributed by atoms with E-state index in [1.165, 1.54) is 6.07 Å². The van der Waals surface area contributed by atoms with Gasteiger partial charge in [0.25, 0.3) is 5.56 Å². The quantitative estimate of drug-likeness (QED) is 0.772. The fourth-order valence-electron chi connectivity index (χ4n) is 1.99. The third-order valence-electron chi connectivity index (χ3n) is 2.93. The molecule has 0 amide bonds. The van der Waals surface area contributed by atoms with Crippen molar-refractivity contribution in [2.75, 3.05) is 12.3 Å². The highest BCUT2D eigenvalue weighted by molar-refractivity contribution is 5.50. The highest BCUT2D eigenvalue weighted by atomic mass is 16.5. The first kappa shape index (κ1) is 11.0. The van der Waals surface area contributed by atoms with Gasteiger partial charge in [-0.2, -0.15) is 0 Å². The summed E-state index contributed by atoms with van der Waals surface area (Å²) in [4.78, 5) is 11.8. The number of rotatable bonds is 2. The molecule has 5 heteroatoms. The summed E-state index contributed by atoms with van der Waals surface area (Å²) in [5, 5.41) is 9.40. The number of nitrogens with two attached hydrogens (primary N) is 1. The van der Waals surface area contributed by atoms with E-state index in [1.807, 2.05) is 0 Å². The molecule has 1 fully saturated rings. The summed E-state index contributed by atoms with van der Waals surface area (Å²) in [6.45, 7) is 3.04. The van der Waals surface area contributed by atoms with Crippen molar-refractivity contribution in [3.05, 3.63) is 22.1 Å². The normalized spacial score (nSPS) is 20.2. The Kier molecular flexibility index (Phi) is 2.87. The molecule has 5 nitrogen and oxygen atoms in total. The fourth-order valence-corrected chi connectivity index (χ4v) is 1.99. The standard InChI is InChI=1S/C11H16N2O3/c1-7-5-9(14)10(12)11(15)13(7)6-8-3-2-4-16-8/h5,8,14H,2-4,6,12H2,1H3/t8-/m1/s1. The van der Waals surface area contributed by atoms with E-state index in [9.17, 15) is 9.90 Å². The molecule has 1 saturated heterocycles. The minimum atomic E-state index is -0.340. The molecule has 2 rings (SSSR count). The minimum absolute atomic E-state index is 0.0837. The second kappa shape index (κ2) is 4.17. The van der Waals surface area contributed by atoms with Crippen molar-refractivity contribution in [2.45, 2.75) is 32.4 Å². The van der Waals surface area contributed by atoms with E-state index in [0.717, 1.165) is 19.4 Å². The van der Waals surface area contributed by atoms with Crippen molar-refractivity contribution in [1.29, 1.82) is 0 Å². The van der Waals surface area contributed by atoms with Gasteiger partial charge in [-0.05, 0) is 19.8 Å². The van der Waals surface area contributed by atoms with Crippen LogP contribution in [0.4, 0.5) is 5.69 Å². The van der Waals surface area contributed by atoms with E-state index in [0.29, 0.717) is 12.2 Å². The van der Waals surface area contributed by atoms with Crippen molar-refractivity contribution < 1.29 is 9.84 Å². The van der Waals surface area contributed by atoms with Gasteiger partial charge in [0.2, 0.25) is 0 Å². The summed E-state index contributed by atoms with van der Waals surface area (Å²) < 4.78 is 7.03. The largest absolute Gasteiger partial charge is 0.506 e. The van der Waals surface area contributed by atoms with Gasteiger partial charge in [-0.15, -0.1) is 0 Å². The first-order valence-electron chi connectivity index (χ1n) is 5.40. The van der Waals surface area contributed by atoms with Gasteiger partial charge < -0.3 is 20.1 Å². The number of nitrogen functional groups attached to an aromatic ring is 1. The summed E-state index contributed by atoms with van der Waals surface area (Å²) in [7, 11) is 0. The van der Waals surface area contributed by atoms with Crippen molar-refractivity contribution in [2.24, 2.45) is 0 Å². The lowest BCUT2D eigenvalue weighted by atomic mass is 10.2. The Hall–Kier alpha value is -1.49. The van der Waals surface area contributed by atoms with Crippen molar-refractivity contribution in [3.8, 4) is 5.75 Å². The van der Waals surface area contributed by atoms with Crippen molar-refractivity contribution in [3.63, 3.8) is 0 Å². The van der Waals surface area contributed by atoms with Gasteiger partial charge >= 0.3 is 0 Å². The van der Waals surface area contributed by atoms with Gasteiger partial charge in [-0.3, -0.25) is 4.79 Å².